The van der Waals surface area contributed by atoms with E-state index in [0.717, 1.165) is 18.7 Å². The molecule has 1 fully saturated rings. The van der Waals surface area contributed by atoms with Gasteiger partial charge in [-0.3, -0.25) is 9.59 Å². The average Bonchev–Trinajstić information content (AvgIpc) is 2.69. The zero-order valence-electron chi connectivity index (χ0n) is 13.9. The summed E-state index contributed by atoms with van der Waals surface area (Å²) in [5.74, 6) is 0.433. The lowest BCUT2D eigenvalue weighted by atomic mass is 10.2. The summed E-state index contributed by atoms with van der Waals surface area (Å²) in [6.07, 6.45) is 3.73. The minimum Gasteiger partial charge on any atom is -0.372 e. The third-order valence-electron chi connectivity index (χ3n) is 3.84. The molecule has 1 unspecified atom stereocenters. The predicted octanol–water partition coefficient (Wildman–Crippen LogP) is 1.11. The number of aromatic nitrogens is 1. The summed E-state index contributed by atoms with van der Waals surface area (Å²) in [7, 11) is 5.30. The first-order valence-corrected chi connectivity index (χ1v) is 7.76. The maximum atomic E-state index is 12.3. The Bertz CT molecular complexity index is 562. The van der Waals surface area contributed by atoms with Crippen LogP contribution in [0.4, 0.5) is 11.5 Å². The third-order valence-corrected chi connectivity index (χ3v) is 3.84. The van der Waals surface area contributed by atoms with Gasteiger partial charge in [-0.15, -0.1) is 0 Å². The molecule has 1 aromatic heterocycles. The molecule has 1 aromatic rings. The number of amides is 2. The Kier molecular flexibility index (Phi) is 5.92. The molecule has 2 heterocycles. The summed E-state index contributed by atoms with van der Waals surface area (Å²) in [6.45, 7) is 0.629. The van der Waals surface area contributed by atoms with Crippen molar-refractivity contribution in [1.29, 1.82) is 0 Å². The highest BCUT2D eigenvalue weighted by molar-refractivity contribution is 5.95. The van der Waals surface area contributed by atoms with Crippen molar-refractivity contribution in [3.05, 3.63) is 18.3 Å². The molecule has 0 spiro atoms. The van der Waals surface area contributed by atoms with Crippen LogP contribution in [0.25, 0.3) is 0 Å². The minimum absolute atomic E-state index is 0.0400. The first kappa shape index (κ1) is 17.2. The summed E-state index contributed by atoms with van der Waals surface area (Å²) in [6, 6.07) is 3.52. The van der Waals surface area contributed by atoms with E-state index in [-0.39, 0.29) is 18.4 Å². The largest absolute Gasteiger partial charge is 0.372 e. The van der Waals surface area contributed by atoms with Crippen molar-refractivity contribution in [1.82, 2.24) is 9.88 Å². The molecule has 0 aliphatic carbocycles. The van der Waals surface area contributed by atoms with Crippen molar-refractivity contribution in [3.8, 4) is 0 Å². The van der Waals surface area contributed by atoms with Gasteiger partial charge in [-0.05, 0) is 25.3 Å². The van der Waals surface area contributed by atoms with Gasteiger partial charge in [0.15, 0.2) is 0 Å². The molecule has 7 nitrogen and oxygen atoms in total. The van der Waals surface area contributed by atoms with Crippen molar-refractivity contribution >= 4 is 23.3 Å². The first-order valence-electron chi connectivity index (χ1n) is 7.76. The molecule has 1 aliphatic rings. The van der Waals surface area contributed by atoms with Crippen LogP contribution in [-0.2, 0) is 14.3 Å². The van der Waals surface area contributed by atoms with E-state index in [1.54, 1.807) is 23.2 Å². The number of carbonyl (C=O) groups is 2. The summed E-state index contributed by atoms with van der Waals surface area (Å²) in [5.41, 5.74) is 0.666. The van der Waals surface area contributed by atoms with Gasteiger partial charge < -0.3 is 19.9 Å². The monoisotopic (exact) mass is 320 g/mol. The molecule has 126 valence electrons. The van der Waals surface area contributed by atoms with Crippen molar-refractivity contribution in [3.63, 3.8) is 0 Å². The fraction of sp³-hybridized carbons (Fsp3) is 0.562. The number of carbonyl (C=O) groups excluding carboxylic acids is 2. The SMILES string of the molecule is COC1CCCCN(CC(=O)Nc2ccnc(N(C)C)c2)C1=O. The molecule has 0 bridgehead atoms. The molecule has 23 heavy (non-hydrogen) atoms. The van der Waals surface area contributed by atoms with Gasteiger partial charge in [0.2, 0.25) is 5.91 Å². The van der Waals surface area contributed by atoms with E-state index in [0.29, 0.717) is 18.7 Å². The number of methoxy groups -OCH3 is 1. The van der Waals surface area contributed by atoms with E-state index in [2.05, 4.69) is 10.3 Å². The average molecular weight is 320 g/mol. The Hall–Kier alpha value is -2.15. The second kappa shape index (κ2) is 7.92. The molecule has 1 saturated heterocycles. The number of anilines is 2. The molecule has 0 aromatic carbocycles. The Morgan fingerprint density at radius 2 is 2.26 bits per heavy atom. The van der Waals surface area contributed by atoms with Gasteiger partial charge >= 0.3 is 0 Å². The van der Waals surface area contributed by atoms with E-state index in [4.69, 9.17) is 4.74 Å². The smallest absolute Gasteiger partial charge is 0.252 e. The molecule has 2 rings (SSSR count). The van der Waals surface area contributed by atoms with Crippen molar-refractivity contribution < 1.29 is 14.3 Å². The van der Waals surface area contributed by atoms with Gasteiger partial charge in [0.05, 0.1) is 6.54 Å². The summed E-state index contributed by atoms with van der Waals surface area (Å²) in [4.78, 5) is 32.2. The normalized spacial score (nSPS) is 18.5. The molecule has 0 radical (unpaired) electrons. The lowest BCUT2D eigenvalue weighted by molar-refractivity contribution is -0.143. The fourth-order valence-electron chi connectivity index (χ4n) is 2.56. The lowest BCUT2D eigenvalue weighted by Crippen LogP contribution is -2.43. The van der Waals surface area contributed by atoms with Crippen molar-refractivity contribution in [2.75, 3.05) is 44.5 Å². The maximum Gasteiger partial charge on any atom is 0.252 e. The molecule has 2 amide bonds. The Balaban J connectivity index is 1.98. The van der Waals surface area contributed by atoms with E-state index >= 15 is 0 Å². The molecular formula is C16H24N4O3. The summed E-state index contributed by atoms with van der Waals surface area (Å²) in [5, 5.41) is 2.82. The highest BCUT2D eigenvalue weighted by Crippen LogP contribution is 2.16. The van der Waals surface area contributed by atoms with Crippen molar-refractivity contribution in [2.45, 2.75) is 25.4 Å². The zero-order valence-corrected chi connectivity index (χ0v) is 13.9. The minimum atomic E-state index is -0.438. The second-order valence-electron chi connectivity index (χ2n) is 5.83. The van der Waals surface area contributed by atoms with Crippen LogP contribution in [-0.4, -0.2) is 62.1 Å². The number of ether oxygens (including phenoxy) is 1. The van der Waals surface area contributed by atoms with Gasteiger partial charge in [0.1, 0.15) is 11.9 Å². The topological polar surface area (TPSA) is 74.8 Å². The number of hydrogen-bond acceptors (Lipinski definition) is 5. The van der Waals surface area contributed by atoms with Crippen LogP contribution in [0.15, 0.2) is 18.3 Å². The number of hydrogen-bond donors (Lipinski definition) is 1. The summed E-state index contributed by atoms with van der Waals surface area (Å²) < 4.78 is 5.22. The van der Waals surface area contributed by atoms with Gasteiger partial charge in [-0.25, -0.2) is 4.98 Å². The molecule has 1 aliphatic heterocycles. The molecule has 0 saturated carbocycles. The van der Waals surface area contributed by atoms with Gasteiger partial charge in [0.25, 0.3) is 5.91 Å². The number of nitrogens with one attached hydrogen (secondary N) is 1. The van der Waals surface area contributed by atoms with Gasteiger partial charge in [-0.2, -0.15) is 0 Å². The van der Waals surface area contributed by atoms with E-state index in [1.165, 1.54) is 7.11 Å². The highest BCUT2D eigenvalue weighted by atomic mass is 16.5. The molecule has 1 atom stereocenters. The number of likely N-dealkylation sites (tertiary alicyclic amines) is 1. The van der Waals surface area contributed by atoms with Gasteiger partial charge in [-0.1, -0.05) is 0 Å². The van der Waals surface area contributed by atoms with Crippen LogP contribution < -0.4 is 10.2 Å². The van der Waals surface area contributed by atoms with Crippen LogP contribution in [0.3, 0.4) is 0 Å². The van der Waals surface area contributed by atoms with Crippen LogP contribution in [0, 0.1) is 0 Å². The van der Waals surface area contributed by atoms with E-state index in [1.807, 2.05) is 19.0 Å². The van der Waals surface area contributed by atoms with Crippen LogP contribution in [0.2, 0.25) is 0 Å². The zero-order chi connectivity index (χ0) is 16.8. The standard InChI is InChI=1S/C16H24N4O3/c1-19(2)14-10-12(7-8-17-14)18-15(21)11-20-9-5-4-6-13(23-3)16(20)22/h7-8,10,13H,4-6,9,11H2,1-3H3,(H,17,18,21). The van der Waals surface area contributed by atoms with Crippen molar-refractivity contribution in [2.24, 2.45) is 0 Å². The van der Waals surface area contributed by atoms with E-state index in [9.17, 15) is 9.59 Å². The fourth-order valence-corrected chi connectivity index (χ4v) is 2.56. The Morgan fingerprint density at radius 1 is 1.48 bits per heavy atom. The summed E-state index contributed by atoms with van der Waals surface area (Å²) >= 11 is 0. The van der Waals surface area contributed by atoms with Crippen LogP contribution >= 0.6 is 0 Å². The van der Waals surface area contributed by atoms with E-state index < -0.39 is 6.10 Å². The predicted molar refractivity (Wildman–Crippen MR) is 88.4 cm³/mol. The maximum absolute atomic E-state index is 12.3. The Labute approximate surface area is 136 Å². The second-order valence-corrected chi connectivity index (χ2v) is 5.83. The first-order chi connectivity index (χ1) is 11.0. The quantitative estimate of drug-likeness (QED) is 0.880. The Morgan fingerprint density at radius 3 is 2.96 bits per heavy atom. The third kappa shape index (κ3) is 4.66. The molecule has 1 N–H and O–H groups in total. The number of nitrogens with zero attached hydrogens (tertiary/aromatic N) is 3. The highest BCUT2D eigenvalue weighted by Gasteiger charge is 2.27. The molecule has 7 heteroatoms. The molecular weight excluding hydrogens is 296 g/mol. The van der Waals surface area contributed by atoms with Gasteiger partial charge in [0, 0.05) is 45.7 Å². The van der Waals surface area contributed by atoms with Crippen LogP contribution in [0.5, 0.6) is 0 Å². The lowest BCUT2D eigenvalue weighted by Gasteiger charge is -2.23. The number of pyridine rings is 1. The van der Waals surface area contributed by atoms with Crippen LogP contribution in [0.1, 0.15) is 19.3 Å². The number of rotatable bonds is 5.